The molecule has 0 radical (unpaired) electrons. The fourth-order valence-corrected chi connectivity index (χ4v) is 3.02. The second-order valence-corrected chi connectivity index (χ2v) is 6.74. The van der Waals surface area contributed by atoms with Crippen LogP contribution in [0.3, 0.4) is 0 Å². The highest BCUT2D eigenvalue weighted by atomic mass is 35.5. The van der Waals surface area contributed by atoms with Crippen LogP contribution < -0.4 is 10.1 Å². The monoisotopic (exact) mass is 439 g/mol. The summed E-state index contributed by atoms with van der Waals surface area (Å²) >= 11 is 11.9. The van der Waals surface area contributed by atoms with Crippen LogP contribution in [0.25, 0.3) is 0 Å². The van der Waals surface area contributed by atoms with Gasteiger partial charge in [0.1, 0.15) is 11.1 Å². The molecule has 0 aliphatic carbocycles. The number of phenolic OH excluding ortho intramolecular Hbond substituents is 1. The van der Waals surface area contributed by atoms with Gasteiger partial charge in [0.25, 0.3) is 5.91 Å². The molecule has 1 atom stereocenters. The largest absolute Gasteiger partial charge is 0.505 e. The predicted octanol–water partition coefficient (Wildman–Crippen LogP) is 3.53. The summed E-state index contributed by atoms with van der Waals surface area (Å²) in [5, 5.41) is 11.8. The van der Waals surface area contributed by atoms with Crippen LogP contribution >= 0.6 is 23.2 Å². The molecule has 2 aromatic rings. The van der Waals surface area contributed by atoms with Crippen LogP contribution in [0.4, 0.5) is 0 Å². The van der Waals surface area contributed by atoms with Crippen LogP contribution in [0, 0.1) is 0 Å². The molecular formula is C20H19Cl2NO6. The zero-order valence-corrected chi connectivity index (χ0v) is 17.2. The Morgan fingerprint density at radius 3 is 2.41 bits per heavy atom. The van der Waals surface area contributed by atoms with E-state index in [0.29, 0.717) is 0 Å². The van der Waals surface area contributed by atoms with E-state index in [2.05, 4.69) is 5.32 Å². The van der Waals surface area contributed by atoms with E-state index >= 15 is 0 Å². The maximum Gasteiger partial charge on any atom is 0.328 e. The first-order chi connectivity index (χ1) is 13.7. The average molecular weight is 440 g/mol. The van der Waals surface area contributed by atoms with Crippen molar-refractivity contribution in [3.63, 3.8) is 0 Å². The molecule has 0 bridgehead atoms. The smallest absolute Gasteiger partial charge is 0.328 e. The van der Waals surface area contributed by atoms with Gasteiger partial charge in [-0.15, -0.1) is 0 Å². The SMILES string of the molecule is CCOC(=O)[C@@H](Cc1ccccc1)NC(=O)c1cc(Cl)c(O)c(Cl)c1OC(C)=O. The molecule has 0 fully saturated rings. The van der Waals surface area contributed by atoms with Gasteiger partial charge in [0.15, 0.2) is 11.5 Å². The summed E-state index contributed by atoms with van der Waals surface area (Å²) < 4.78 is 10.0. The molecule has 2 aromatic carbocycles. The zero-order valence-electron chi connectivity index (χ0n) is 15.7. The number of carbonyl (C=O) groups is 3. The minimum atomic E-state index is -1.01. The number of benzene rings is 2. The van der Waals surface area contributed by atoms with Crippen molar-refractivity contribution in [3.8, 4) is 11.5 Å². The van der Waals surface area contributed by atoms with Crippen molar-refractivity contribution in [2.75, 3.05) is 6.61 Å². The summed E-state index contributed by atoms with van der Waals surface area (Å²) in [6.45, 7) is 2.90. The molecule has 0 aliphatic heterocycles. The Hall–Kier alpha value is -2.77. The summed E-state index contributed by atoms with van der Waals surface area (Å²) in [5.41, 5.74) is 0.586. The third kappa shape index (κ3) is 5.85. The quantitative estimate of drug-likeness (QED) is 0.505. The van der Waals surface area contributed by atoms with Crippen molar-refractivity contribution in [2.24, 2.45) is 0 Å². The van der Waals surface area contributed by atoms with E-state index in [1.165, 1.54) is 0 Å². The van der Waals surface area contributed by atoms with Gasteiger partial charge in [0.05, 0.1) is 17.2 Å². The second-order valence-electron chi connectivity index (χ2n) is 5.96. The lowest BCUT2D eigenvalue weighted by molar-refractivity contribution is -0.145. The topological polar surface area (TPSA) is 102 Å². The zero-order chi connectivity index (χ0) is 21.6. The Morgan fingerprint density at radius 1 is 1.17 bits per heavy atom. The van der Waals surface area contributed by atoms with Gasteiger partial charge in [-0.3, -0.25) is 9.59 Å². The third-order valence-corrected chi connectivity index (χ3v) is 4.44. The lowest BCUT2D eigenvalue weighted by atomic mass is 10.1. The molecule has 1 amide bonds. The van der Waals surface area contributed by atoms with Crippen LogP contribution in [-0.4, -0.2) is 35.6 Å². The van der Waals surface area contributed by atoms with E-state index < -0.39 is 34.7 Å². The molecule has 154 valence electrons. The first-order valence-electron chi connectivity index (χ1n) is 8.65. The molecule has 0 unspecified atom stereocenters. The van der Waals surface area contributed by atoms with E-state index in [4.69, 9.17) is 32.7 Å². The number of aromatic hydroxyl groups is 1. The lowest BCUT2D eigenvalue weighted by Gasteiger charge is -2.19. The molecule has 0 heterocycles. The highest BCUT2D eigenvalue weighted by Gasteiger charge is 2.28. The van der Waals surface area contributed by atoms with Crippen LogP contribution in [0.1, 0.15) is 29.8 Å². The van der Waals surface area contributed by atoms with E-state index in [-0.39, 0.29) is 29.4 Å². The van der Waals surface area contributed by atoms with E-state index in [1.54, 1.807) is 31.2 Å². The number of esters is 2. The van der Waals surface area contributed by atoms with Gasteiger partial charge in [-0.2, -0.15) is 0 Å². The second kappa shape index (κ2) is 10.1. The van der Waals surface area contributed by atoms with Gasteiger partial charge >= 0.3 is 11.9 Å². The highest BCUT2D eigenvalue weighted by molar-refractivity contribution is 6.39. The Kier molecular flexibility index (Phi) is 7.87. The number of ether oxygens (including phenoxy) is 2. The van der Waals surface area contributed by atoms with E-state index in [9.17, 15) is 19.5 Å². The van der Waals surface area contributed by atoms with Crippen molar-refractivity contribution in [1.82, 2.24) is 5.32 Å². The Labute approximate surface area is 177 Å². The summed E-state index contributed by atoms with van der Waals surface area (Å²) in [6, 6.07) is 9.12. The van der Waals surface area contributed by atoms with Crippen molar-refractivity contribution in [2.45, 2.75) is 26.3 Å². The number of rotatable bonds is 7. The predicted molar refractivity (Wildman–Crippen MR) is 107 cm³/mol. The fourth-order valence-electron chi connectivity index (χ4n) is 2.53. The third-order valence-electron chi connectivity index (χ3n) is 3.80. The maximum absolute atomic E-state index is 12.9. The number of hydrogen-bond donors (Lipinski definition) is 2. The maximum atomic E-state index is 12.9. The highest BCUT2D eigenvalue weighted by Crippen LogP contribution is 2.41. The number of nitrogens with one attached hydrogen (secondary N) is 1. The van der Waals surface area contributed by atoms with Crippen LogP contribution in [0.15, 0.2) is 36.4 Å². The molecule has 29 heavy (non-hydrogen) atoms. The number of phenols is 1. The Balaban J connectivity index is 2.37. The Bertz CT molecular complexity index is 917. The summed E-state index contributed by atoms with van der Waals surface area (Å²) in [4.78, 5) is 36.6. The normalized spacial score (nSPS) is 11.4. The summed E-state index contributed by atoms with van der Waals surface area (Å²) in [5.74, 6) is -3.06. The lowest BCUT2D eigenvalue weighted by Crippen LogP contribution is -2.43. The van der Waals surface area contributed by atoms with Gasteiger partial charge in [-0.05, 0) is 18.6 Å². The van der Waals surface area contributed by atoms with Crippen LogP contribution in [-0.2, 0) is 20.7 Å². The molecule has 0 saturated heterocycles. The average Bonchev–Trinajstić information content (AvgIpc) is 2.68. The van der Waals surface area contributed by atoms with Crippen molar-refractivity contribution < 1.29 is 29.0 Å². The molecule has 0 aliphatic rings. The molecule has 0 saturated carbocycles. The van der Waals surface area contributed by atoms with Gasteiger partial charge < -0.3 is 19.9 Å². The van der Waals surface area contributed by atoms with Gasteiger partial charge in [0.2, 0.25) is 0 Å². The van der Waals surface area contributed by atoms with Gasteiger partial charge in [-0.25, -0.2) is 4.79 Å². The number of carbonyl (C=O) groups excluding carboxylic acids is 3. The molecule has 0 spiro atoms. The minimum absolute atomic E-state index is 0.134. The molecule has 2 rings (SSSR count). The molecule has 0 aromatic heterocycles. The molecule has 2 N–H and O–H groups in total. The van der Waals surface area contributed by atoms with Crippen molar-refractivity contribution in [3.05, 3.63) is 57.6 Å². The first-order valence-corrected chi connectivity index (χ1v) is 9.41. The Morgan fingerprint density at radius 2 is 1.83 bits per heavy atom. The molecule has 7 nitrogen and oxygen atoms in total. The minimum Gasteiger partial charge on any atom is -0.505 e. The van der Waals surface area contributed by atoms with Gasteiger partial charge in [0, 0.05) is 13.3 Å². The molecule has 9 heteroatoms. The van der Waals surface area contributed by atoms with Crippen LogP contribution in [0.2, 0.25) is 10.0 Å². The summed E-state index contributed by atoms with van der Waals surface area (Å²) in [6.07, 6.45) is 0.174. The number of hydrogen-bond acceptors (Lipinski definition) is 6. The van der Waals surface area contributed by atoms with Crippen molar-refractivity contribution in [1.29, 1.82) is 0 Å². The summed E-state index contributed by atoms with van der Waals surface area (Å²) in [7, 11) is 0. The fraction of sp³-hybridized carbons (Fsp3) is 0.250. The van der Waals surface area contributed by atoms with E-state index in [1.807, 2.05) is 6.07 Å². The van der Waals surface area contributed by atoms with Crippen LogP contribution in [0.5, 0.6) is 11.5 Å². The standard InChI is InChI=1S/C20H19Cl2NO6/c1-3-28-20(27)15(9-12-7-5-4-6-8-12)23-19(26)13-10-14(21)17(25)16(22)18(13)29-11(2)24/h4-8,10,15,25H,3,9H2,1-2H3,(H,23,26)/t15-/m1/s1. The van der Waals surface area contributed by atoms with Crippen molar-refractivity contribution >= 4 is 41.0 Å². The number of halogens is 2. The van der Waals surface area contributed by atoms with E-state index in [0.717, 1.165) is 18.6 Å². The number of amides is 1. The molecular weight excluding hydrogens is 421 g/mol. The first kappa shape index (κ1) is 22.5. The van der Waals surface area contributed by atoms with Gasteiger partial charge in [-0.1, -0.05) is 53.5 Å².